The van der Waals surface area contributed by atoms with Crippen LogP contribution in [0.4, 0.5) is 5.69 Å². The highest BCUT2D eigenvalue weighted by molar-refractivity contribution is 6.05. The molecule has 1 fully saturated rings. The summed E-state index contributed by atoms with van der Waals surface area (Å²) in [4.78, 5) is 12.6. The van der Waals surface area contributed by atoms with E-state index in [9.17, 15) is 4.79 Å². The van der Waals surface area contributed by atoms with Crippen LogP contribution in [0.3, 0.4) is 0 Å². The normalized spacial score (nSPS) is 16.8. The summed E-state index contributed by atoms with van der Waals surface area (Å²) in [5.74, 6) is 1.14. The van der Waals surface area contributed by atoms with Crippen LogP contribution >= 0.6 is 0 Å². The minimum atomic E-state index is -0.201. The molecule has 0 spiro atoms. The van der Waals surface area contributed by atoms with Crippen LogP contribution in [0.2, 0.25) is 0 Å². The fraction of sp³-hybridized carbons (Fsp3) is 0.381. The predicted molar refractivity (Wildman–Crippen MR) is 101 cm³/mol. The highest BCUT2D eigenvalue weighted by Gasteiger charge is 2.16. The average Bonchev–Trinajstić information content (AvgIpc) is 2.68. The van der Waals surface area contributed by atoms with Gasteiger partial charge in [0.1, 0.15) is 18.1 Å². The maximum atomic E-state index is 12.6. The Morgan fingerprint density at radius 3 is 2.81 bits per heavy atom. The Balaban J connectivity index is 1.68. The zero-order valence-electron chi connectivity index (χ0n) is 15.3. The summed E-state index contributed by atoms with van der Waals surface area (Å²) < 4.78 is 16.9. The summed E-state index contributed by atoms with van der Waals surface area (Å²) in [6.45, 7) is 3.23. The van der Waals surface area contributed by atoms with Gasteiger partial charge in [-0.25, -0.2) is 0 Å². The van der Waals surface area contributed by atoms with Crippen molar-refractivity contribution >= 4 is 11.6 Å². The van der Waals surface area contributed by atoms with E-state index >= 15 is 0 Å². The molecule has 2 aromatic rings. The molecule has 0 aromatic heterocycles. The Morgan fingerprint density at radius 1 is 1.19 bits per heavy atom. The molecule has 1 heterocycles. The summed E-state index contributed by atoms with van der Waals surface area (Å²) >= 11 is 0. The molecule has 0 aliphatic carbocycles. The lowest BCUT2D eigenvalue weighted by Gasteiger charge is -2.23. The van der Waals surface area contributed by atoms with E-state index in [4.69, 9.17) is 14.2 Å². The zero-order valence-corrected chi connectivity index (χ0v) is 15.3. The summed E-state index contributed by atoms with van der Waals surface area (Å²) in [6.07, 6.45) is 3.41. The standard InChI is InChI=1S/C21H25NO4/c1-15-10-11-16(13-20(15)24-2)21(23)22-18-8-3-4-9-19(18)26-14-17-7-5-6-12-25-17/h3-4,8-11,13,17H,5-7,12,14H2,1-2H3,(H,22,23). The third-order valence-corrected chi connectivity index (χ3v) is 4.50. The SMILES string of the molecule is COc1cc(C(=O)Nc2ccccc2OCC2CCCCO2)ccc1C. The van der Waals surface area contributed by atoms with Gasteiger partial charge in [-0.3, -0.25) is 4.79 Å². The molecule has 5 heteroatoms. The van der Waals surface area contributed by atoms with Gasteiger partial charge in [0.2, 0.25) is 0 Å². The summed E-state index contributed by atoms with van der Waals surface area (Å²) in [5, 5.41) is 2.93. The van der Waals surface area contributed by atoms with Crippen LogP contribution in [0, 0.1) is 6.92 Å². The first-order valence-electron chi connectivity index (χ1n) is 8.97. The number of rotatable bonds is 6. The lowest BCUT2D eigenvalue weighted by molar-refractivity contribution is -0.0109. The van der Waals surface area contributed by atoms with Crippen LogP contribution in [0.1, 0.15) is 35.2 Å². The number of hydrogen-bond acceptors (Lipinski definition) is 4. The van der Waals surface area contributed by atoms with Gasteiger partial charge in [0.05, 0.1) is 18.9 Å². The number of ether oxygens (including phenoxy) is 3. The number of methoxy groups -OCH3 is 1. The Hall–Kier alpha value is -2.53. The van der Waals surface area contributed by atoms with Crippen molar-refractivity contribution in [3.63, 3.8) is 0 Å². The molecule has 0 saturated carbocycles. The van der Waals surface area contributed by atoms with E-state index < -0.39 is 0 Å². The Bertz CT molecular complexity index is 753. The van der Waals surface area contributed by atoms with E-state index in [0.717, 1.165) is 25.0 Å². The van der Waals surface area contributed by atoms with Gasteiger partial charge in [-0.2, -0.15) is 0 Å². The maximum absolute atomic E-state index is 12.6. The number of para-hydroxylation sites is 2. The molecule has 2 aromatic carbocycles. The van der Waals surface area contributed by atoms with E-state index in [2.05, 4.69) is 5.32 Å². The molecule has 3 rings (SSSR count). The molecule has 1 unspecified atom stereocenters. The van der Waals surface area contributed by atoms with Gasteiger partial charge in [-0.1, -0.05) is 18.2 Å². The number of carbonyl (C=O) groups is 1. The fourth-order valence-corrected chi connectivity index (χ4v) is 2.97. The lowest BCUT2D eigenvalue weighted by Crippen LogP contribution is -2.26. The number of amides is 1. The minimum Gasteiger partial charge on any atom is -0.496 e. The van der Waals surface area contributed by atoms with Gasteiger partial charge in [-0.15, -0.1) is 0 Å². The molecule has 138 valence electrons. The van der Waals surface area contributed by atoms with Crippen molar-refractivity contribution < 1.29 is 19.0 Å². The van der Waals surface area contributed by atoms with Crippen LogP contribution in [-0.4, -0.2) is 32.3 Å². The topological polar surface area (TPSA) is 56.8 Å². The number of benzene rings is 2. The van der Waals surface area contributed by atoms with Gasteiger partial charge < -0.3 is 19.5 Å². The zero-order chi connectivity index (χ0) is 18.4. The number of hydrogen-bond donors (Lipinski definition) is 1. The highest BCUT2D eigenvalue weighted by atomic mass is 16.5. The first kappa shape index (κ1) is 18.3. The number of aryl methyl sites for hydroxylation is 1. The summed E-state index contributed by atoms with van der Waals surface area (Å²) in [5.41, 5.74) is 2.17. The second-order valence-electron chi connectivity index (χ2n) is 6.43. The van der Waals surface area contributed by atoms with E-state index in [1.165, 1.54) is 6.42 Å². The van der Waals surface area contributed by atoms with Gasteiger partial charge in [-0.05, 0) is 56.0 Å². The molecular weight excluding hydrogens is 330 g/mol. The van der Waals surface area contributed by atoms with Crippen LogP contribution in [0.15, 0.2) is 42.5 Å². The largest absolute Gasteiger partial charge is 0.496 e. The summed E-state index contributed by atoms with van der Waals surface area (Å²) in [6, 6.07) is 12.8. The van der Waals surface area contributed by atoms with Crippen molar-refractivity contribution in [2.45, 2.75) is 32.3 Å². The van der Waals surface area contributed by atoms with Gasteiger partial charge >= 0.3 is 0 Å². The van der Waals surface area contributed by atoms with Crippen molar-refractivity contribution in [1.82, 2.24) is 0 Å². The van der Waals surface area contributed by atoms with Gasteiger partial charge in [0.15, 0.2) is 0 Å². The van der Waals surface area contributed by atoms with E-state index in [-0.39, 0.29) is 12.0 Å². The third-order valence-electron chi connectivity index (χ3n) is 4.50. The van der Waals surface area contributed by atoms with Crippen molar-refractivity contribution in [2.75, 3.05) is 25.6 Å². The first-order chi connectivity index (χ1) is 12.7. The molecular formula is C21H25NO4. The van der Waals surface area contributed by atoms with Crippen molar-refractivity contribution in [3.05, 3.63) is 53.6 Å². The minimum absolute atomic E-state index is 0.119. The fourth-order valence-electron chi connectivity index (χ4n) is 2.97. The quantitative estimate of drug-likeness (QED) is 0.843. The monoisotopic (exact) mass is 355 g/mol. The Morgan fingerprint density at radius 2 is 2.04 bits per heavy atom. The van der Waals surface area contributed by atoms with Crippen molar-refractivity contribution in [1.29, 1.82) is 0 Å². The molecule has 1 atom stereocenters. The predicted octanol–water partition coefficient (Wildman–Crippen LogP) is 4.20. The molecule has 1 amide bonds. The molecule has 26 heavy (non-hydrogen) atoms. The highest BCUT2D eigenvalue weighted by Crippen LogP contribution is 2.26. The lowest BCUT2D eigenvalue weighted by atomic mass is 10.1. The van der Waals surface area contributed by atoms with Crippen LogP contribution in [0.5, 0.6) is 11.5 Å². The Labute approximate surface area is 154 Å². The summed E-state index contributed by atoms with van der Waals surface area (Å²) in [7, 11) is 1.60. The van der Waals surface area contributed by atoms with Gasteiger partial charge in [0.25, 0.3) is 5.91 Å². The van der Waals surface area contributed by atoms with E-state index in [1.54, 1.807) is 19.2 Å². The van der Waals surface area contributed by atoms with E-state index in [0.29, 0.717) is 29.4 Å². The molecule has 1 saturated heterocycles. The van der Waals surface area contributed by atoms with Crippen LogP contribution < -0.4 is 14.8 Å². The van der Waals surface area contributed by atoms with Crippen molar-refractivity contribution in [2.24, 2.45) is 0 Å². The van der Waals surface area contributed by atoms with Crippen LogP contribution in [-0.2, 0) is 4.74 Å². The average molecular weight is 355 g/mol. The van der Waals surface area contributed by atoms with Crippen LogP contribution in [0.25, 0.3) is 0 Å². The molecule has 1 aliphatic heterocycles. The Kier molecular flexibility index (Phi) is 6.12. The maximum Gasteiger partial charge on any atom is 0.255 e. The smallest absolute Gasteiger partial charge is 0.255 e. The third kappa shape index (κ3) is 4.55. The number of anilines is 1. The van der Waals surface area contributed by atoms with Gasteiger partial charge in [0, 0.05) is 12.2 Å². The second kappa shape index (κ2) is 8.72. The molecule has 1 N–H and O–H groups in total. The molecule has 0 bridgehead atoms. The van der Waals surface area contributed by atoms with Crippen molar-refractivity contribution in [3.8, 4) is 11.5 Å². The second-order valence-corrected chi connectivity index (χ2v) is 6.43. The number of carbonyl (C=O) groups excluding carboxylic acids is 1. The first-order valence-corrected chi connectivity index (χ1v) is 8.97. The molecule has 1 aliphatic rings. The molecule has 5 nitrogen and oxygen atoms in total. The van der Waals surface area contributed by atoms with E-state index in [1.807, 2.05) is 37.3 Å². The number of nitrogens with one attached hydrogen (secondary N) is 1. The molecule has 0 radical (unpaired) electrons.